The molecule has 1 saturated heterocycles. The van der Waals surface area contributed by atoms with Gasteiger partial charge in [0.15, 0.2) is 0 Å². The summed E-state index contributed by atoms with van der Waals surface area (Å²) in [7, 11) is 0. The van der Waals surface area contributed by atoms with E-state index < -0.39 is 4.92 Å². The number of furan rings is 1. The molecule has 0 aliphatic carbocycles. The third kappa shape index (κ3) is 3.91. The zero-order valence-corrected chi connectivity index (χ0v) is 16.2. The molecule has 1 aromatic carbocycles. The predicted molar refractivity (Wildman–Crippen MR) is 106 cm³/mol. The van der Waals surface area contributed by atoms with Gasteiger partial charge in [0.05, 0.1) is 28.4 Å². The van der Waals surface area contributed by atoms with Gasteiger partial charge in [0.2, 0.25) is 0 Å². The Bertz CT molecular complexity index is 1020. The lowest BCUT2D eigenvalue weighted by molar-refractivity contribution is -0.384. The van der Waals surface area contributed by atoms with Crippen LogP contribution in [0.5, 0.6) is 0 Å². The van der Waals surface area contributed by atoms with Crippen molar-refractivity contribution < 1.29 is 14.1 Å². The van der Waals surface area contributed by atoms with E-state index in [-0.39, 0.29) is 17.6 Å². The highest BCUT2D eigenvalue weighted by molar-refractivity contribution is 5.94. The predicted octanol–water partition coefficient (Wildman–Crippen LogP) is 4.44. The van der Waals surface area contributed by atoms with Gasteiger partial charge in [-0.05, 0) is 44.0 Å². The first-order valence-electron chi connectivity index (χ1n) is 9.70. The van der Waals surface area contributed by atoms with Crippen LogP contribution in [0.4, 0.5) is 5.69 Å². The molecule has 8 nitrogen and oxygen atoms in total. The van der Waals surface area contributed by atoms with Crippen LogP contribution in [0, 0.1) is 17.0 Å². The Morgan fingerprint density at radius 3 is 2.66 bits per heavy atom. The molecule has 0 bridgehead atoms. The van der Waals surface area contributed by atoms with Crippen molar-refractivity contribution in [2.45, 2.75) is 38.6 Å². The molecule has 4 rings (SSSR count). The van der Waals surface area contributed by atoms with Crippen molar-refractivity contribution in [2.75, 3.05) is 6.54 Å². The van der Waals surface area contributed by atoms with E-state index in [1.54, 1.807) is 29.2 Å². The Balaban J connectivity index is 1.58. The van der Waals surface area contributed by atoms with Gasteiger partial charge in [0, 0.05) is 24.9 Å². The fourth-order valence-corrected chi connectivity index (χ4v) is 3.75. The van der Waals surface area contributed by atoms with Crippen LogP contribution < -0.4 is 0 Å². The van der Waals surface area contributed by atoms with Crippen molar-refractivity contribution in [3.8, 4) is 5.69 Å². The normalized spacial score (nSPS) is 17.1. The molecule has 0 saturated carbocycles. The number of amides is 1. The number of nitro benzene ring substituents is 1. The van der Waals surface area contributed by atoms with Gasteiger partial charge in [-0.1, -0.05) is 12.8 Å². The number of rotatable bonds is 4. The Kier molecular flexibility index (Phi) is 5.16. The van der Waals surface area contributed by atoms with E-state index in [4.69, 9.17) is 4.42 Å². The van der Waals surface area contributed by atoms with Crippen LogP contribution >= 0.6 is 0 Å². The molecule has 1 aliphatic rings. The van der Waals surface area contributed by atoms with E-state index in [1.165, 1.54) is 12.1 Å². The first-order chi connectivity index (χ1) is 14.0. The van der Waals surface area contributed by atoms with E-state index in [0.717, 1.165) is 37.2 Å². The number of hydrogen-bond donors (Lipinski definition) is 0. The third-order valence-corrected chi connectivity index (χ3v) is 5.26. The van der Waals surface area contributed by atoms with Crippen LogP contribution in [0.1, 0.15) is 53.6 Å². The van der Waals surface area contributed by atoms with Crippen LogP contribution in [-0.2, 0) is 0 Å². The standard InChI is InChI=1S/C21H22N4O4/c1-15-6-11-20(29-15)19-5-3-2-4-12-23(19)21(26)16-13-22-24(14-16)17-7-9-18(10-8-17)25(27)28/h6-11,13-14,19H,2-5,12H2,1H3/t19-/m1/s1. The minimum absolute atomic E-state index is 0.0124. The van der Waals surface area contributed by atoms with Gasteiger partial charge < -0.3 is 9.32 Å². The van der Waals surface area contributed by atoms with Gasteiger partial charge in [-0.3, -0.25) is 14.9 Å². The maximum Gasteiger partial charge on any atom is 0.269 e. The smallest absolute Gasteiger partial charge is 0.269 e. The molecule has 8 heteroatoms. The molecule has 0 radical (unpaired) electrons. The summed E-state index contributed by atoms with van der Waals surface area (Å²) in [5.41, 5.74) is 1.15. The zero-order chi connectivity index (χ0) is 20.4. The lowest BCUT2D eigenvalue weighted by Gasteiger charge is -2.28. The molecular weight excluding hydrogens is 372 g/mol. The minimum atomic E-state index is -0.447. The molecular formula is C21H22N4O4. The second kappa shape index (κ2) is 7.90. The molecule has 1 aliphatic heterocycles. The van der Waals surface area contributed by atoms with Gasteiger partial charge in [-0.2, -0.15) is 5.10 Å². The van der Waals surface area contributed by atoms with E-state index in [1.807, 2.05) is 24.0 Å². The summed E-state index contributed by atoms with van der Waals surface area (Å²) in [4.78, 5) is 25.5. The van der Waals surface area contributed by atoms with E-state index in [9.17, 15) is 14.9 Å². The first-order valence-corrected chi connectivity index (χ1v) is 9.70. The lowest BCUT2D eigenvalue weighted by Crippen LogP contribution is -2.34. The number of carbonyl (C=O) groups is 1. The molecule has 3 aromatic rings. The van der Waals surface area contributed by atoms with Crippen LogP contribution in [-0.4, -0.2) is 32.1 Å². The van der Waals surface area contributed by atoms with Gasteiger partial charge in [-0.15, -0.1) is 0 Å². The Morgan fingerprint density at radius 1 is 1.17 bits per heavy atom. The molecule has 3 heterocycles. The molecule has 2 aromatic heterocycles. The van der Waals surface area contributed by atoms with E-state index in [0.29, 0.717) is 17.8 Å². The van der Waals surface area contributed by atoms with Crippen molar-refractivity contribution in [1.29, 1.82) is 0 Å². The molecule has 0 spiro atoms. The van der Waals surface area contributed by atoms with Crippen LogP contribution in [0.25, 0.3) is 5.69 Å². The number of aryl methyl sites for hydroxylation is 1. The topological polar surface area (TPSA) is 94.4 Å². The summed E-state index contributed by atoms with van der Waals surface area (Å²) < 4.78 is 7.39. The summed E-state index contributed by atoms with van der Waals surface area (Å²) in [6, 6.07) is 9.85. The average molecular weight is 394 g/mol. The highest BCUT2D eigenvalue weighted by Gasteiger charge is 2.30. The lowest BCUT2D eigenvalue weighted by atomic mass is 10.1. The van der Waals surface area contributed by atoms with Crippen LogP contribution in [0.2, 0.25) is 0 Å². The summed E-state index contributed by atoms with van der Waals surface area (Å²) >= 11 is 0. The molecule has 29 heavy (non-hydrogen) atoms. The fourth-order valence-electron chi connectivity index (χ4n) is 3.75. The quantitative estimate of drug-likeness (QED) is 0.482. The highest BCUT2D eigenvalue weighted by atomic mass is 16.6. The summed E-state index contributed by atoms with van der Waals surface area (Å²) in [6.45, 7) is 2.58. The van der Waals surface area contributed by atoms with Gasteiger partial charge >= 0.3 is 0 Å². The summed E-state index contributed by atoms with van der Waals surface area (Å²) in [5, 5.41) is 15.1. The largest absolute Gasteiger partial charge is 0.464 e. The van der Waals surface area contributed by atoms with Crippen molar-refractivity contribution in [1.82, 2.24) is 14.7 Å². The molecule has 0 unspecified atom stereocenters. The second-order valence-corrected chi connectivity index (χ2v) is 7.26. The number of hydrogen-bond acceptors (Lipinski definition) is 5. The Labute approximate surface area is 167 Å². The Hall–Kier alpha value is -3.42. The minimum Gasteiger partial charge on any atom is -0.464 e. The number of nitro groups is 1. The number of likely N-dealkylation sites (tertiary alicyclic amines) is 1. The Morgan fingerprint density at radius 2 is 1.97 bits per heavy atom. The summed E-state index contributed by atoms with van der Waals surface area (Å²) in [6.07, 6.45) is 7.17. The van der Waals surface area contributed by atoms with Crippen molar-refractivity contribution in [3.63, 3.8) is 0 Å². The molecule has 1 amide bonds. The summed E-state index contributed by atoms with van der Waals surface area (Å²) in [5.74, 6) is 1.57. The van der Waals surface area contributed by atoms with Gasteiger partial charge in [-0.25, -0.2) is 4.68 Å². The SMILES string of the molecule is Cc1ccc([C@H]2CCCCCN2C(=O)c2cnn(-c3ccc([N+](=O)[O-])cc3)c2)o1. The molecule has 0 N–H and O–H groups in total. The molecule has 1 fully saturated rings. The molecule has 150 valence electrons. The third-order valence-electron chi connectivity index (χ3n) is 5.26. The average Bonchev–Trinajstić information content (AvgIpc) is 3.31. The maximum atomic E-state index is 13.3. The van der Waals surface area contributed by atoms with E-state index >= 15 is 0 Å². The van der Waals surface area contributed by atoms with Crippen LogP contribution in [0.15, 0.2) is 53.2 Å². The maximum absolute atomic E-state index is 13.3. The van der Waals surface area contributed by atoms with E-state index in [2.05, 4.69) is 5.10 Å². The number of aromatic nitrogens is 2. The first kappa shape index (κ1) is 18.9. The number of carbonyl (C=O) groups excluding carboxylic acids is 1. The second-order valence-electron chi connectivity index (χ2n) is 7.26. The van der Waals surface area contributed by atoms with Gasteiger partial charge in [0.1, 0.15) is 11.5 Å². The number of non-ortho nitro benzene ring substituents is 1. The zero-order valence-electron chi connectivity index (χ0n) is 16.2. The highest BCUT2D eigenvalue weighted by Crippen LogP contribution is 2.32. The monoisotopic (exact) mass is 394 g/mol. The van der Waals surface area contributed by atoms with Gasteiger partial charge in [0.25, 0.3) is 11.6 Å². The van der Waals surface area contributed by atoms with Crippen molar-refractivity contribution >= 4 is 11.6 Å². The van der Waals surface area contributed by atoms with Crippen LogP contribution in [0.3, 0.4) is 0 Å². The number of nitrogens with zero attached hydrogens (tertiary/aromatic N) is 4. The van der Waals surface area contributed by atoms with Crippen molar-refractivity contribution in [3.05, 3.63) is 76.0 Å². The fraction of sp³-hybridized carbons (Fsp3) is 0.333. The van der Waals surface area contributed by atoms with Crippen molar-refractivity contribution in [2.24, 2.45) is 0 Å². The molecule has 1 atom stereocenters. The number of benzene rings is 1.